The summed E-state index contributed by atoms with van der Waals surface area (Å²) in [6.45, 7) is 4.72. The Morgan fingerprint density at radius 1 is 1.44 bits per heavy atom. The van der Waals surface area contributed by atoms with Crippen molar-refractivity contribution in [2.45, 2.75) is 32.2 Å². The maximum absolute atomic E-state index is 5.51. The molecule has 2 rings (SSSR count). The van der Waals surface area contributed by atoms with Crippen molar-refractivity contribution in [2.75, 3.05) is 31.6 Å². The van der Waals surface area contributed by atoms with Crippen molar-refractivity contribution in [3.63, 3.8) is 0 Å². The van der Waals surface area contributed by atoms with Crippen molar-refractivity contribution in [2.24, 2.45) is 0 Å². The molecule has 0 unspecified atom stereocenters. The first kappa shape index (κ1) is 13.1. The van der Waals surface area contributed by atoms with Gasteiger partial charge < -0.3 is 15.0 Å². The normalized spacial score (nSPS) is 14.6. The zero-order chi connectivity index (χ0) is 12.8. The van der Waals surface area contributed by atoms with Crippen molar-refractivity contribution in [3.8, 4) is 5.88 Å². The van der Waals surface area contributed by atoms with Crippen molar-refractivity contribution in [3.05, 3.63) is 12.4 Å². The minimum absolute atomic E-state index is 0.656. The largest absolute Gasteiger partial charge is 0.478 e. The summed E-state index contributed by atoms with van der Waals surface area (Å²) in [4.78, 5) is 10.5. The molecule has 1 N–H and O–H groups in total. The highest BCUT2D eigenvalue weighted by molar-refractivity contribution is 5.39. The Labute approximate surface area is 109 Å². The van der Waals surface area contributed by atoms with Gasteiger partial charge in [-0.15, -0.1) is 0 Å². The van der Waals surface area contributed by atoms with E-state index in [1.54, 1.807) is 6.33 Å². The number of hydrogen-bond donors (Lipinski definition) is 1. The van der Waals surface area contributed by atoms with Gasteiger partial charge in [-0.2, -0.15) is 0 Å². The molecule has 1 aromatic heterocycles. The second kappa shape index (κ2) is 6.54. The summed E-state index contributed by atoms with van der Waals surface area (Å²) >= 11 is 0. The molecule has 0 atom stereocenters. The number of rotatable bonds is 8. The predicted molar refractivity (Wildman–Crippen MR) is 72.1 cm³/mol. The zero-order valence-electron chi connectivity index (χ0n) is 11.2. The van der Waals surface area contributed by atoms with Crippen molar-refractivity contribution in [1.82, 2.24) is 15.3 Å². The summed E-state index contributed by atoms with van der Waals surface area (Å²) in [5, 5.41) is 3.49. The fourth-order valence-corrected chi connectivity index (χ4v) is 1.66. The van der Waals surface area contributed by atoms with E-state index in [9.17, 15) is 0 Å². The Balaban J connectivity index is 1.81. The lowest BCUT2D eigenvalue weighted by Crippen LogP contribution is -2.30. The van der Waals surface area contributed by atoms with E-state index >= 15 is 0 Å². The van der Waals surface area contributed by atoms with Crippen LogP contribution in [0.5, 0.6) is 5.88 Å². The first-order valence-electron chi connectivity index (χ1n) is 6.69. The molecule has 1 aliphatic rings. The predicted octanol–water partition coefficient (Wildman–Crippen LogP) is 1.45. The van der Waals surface area contributed by atoms with Crippen molar-refractivity contribution < 1.29 is 4.74 Å². The van der Waals surface area contributed by atoms with Crippen LogP contribution in [0, 0.1) is 0 Å². The van der Waals surface area contributed by atoms with Crippen LogP contribution in [0.3, 0.4) is 0 Å². The van der Waals surface area contributed by atoms with E-state index in [0.717, 1.165) is 31.4 Å². The summed E-state index contributed by atoms with van der Waals surface area (Å²) in [7, 11) is 2.04. The van der Waals surface area contributed by atoms with Crippen LogP contribution in [-0.2, 0) is 0 Å². The van der Waals surface area contributed by atoms with E-state index in [-0.39, 0.29) is 0 Å². The third kappa shape index (κ3) is 4.14. The second-order valence-electron chi connectivity index (χ2n) is 4.71. The van der Waals surface area contributed by atoms with Crippen molar-refractivity contribution >= 4 is 5.82 Å². The van der Waals surface area contributed by atoms with Gasteiger partial charge in [-0.1, -0.05) is 6.92 Å². The number of likely N-dealkylation sites (N-methyl/N-ethyl adjacent to an activating group) is 1. The molecule has 1 fully saturated rings. The van der Waals surface area contributed by atoms with Crippen LogP contribution in [0.15, 0.2) is 12.4 Å². The SMILES string of the molecule is CCCOc1cc(N(C)CCNC2CC2)ncn1. The first-order chi connectivity index (χ1) is 8.79. The van der Waals surface area contributed by atoms with Crippen molar-refractivity contribution in [1.29, 1.82) is 0 Å². The van der Waals surface area contributed by atoms with Gasteiger partial charge >= 0.3 is 0 Å². The Bertz CT molecular complexity index is 368. The van der Waals surface area contributed by atoms with E-state index in [1.807, 2.05) is 13.1 Å². The highest BCUT2D eigenvalue weighted by atomic mass is 16.5. The molecule has 1 saturated carbocycles. The number of anilines is 1. The third-order valence-corrected chi connectivity index (χ3v) is 2.93. The maximum atomic E-state index is 5.51. The van der Waals surface area contributed by atoms with Gasteiger partial charge in [-0.25, -0.2) is 9.97 Å². The molecule has 1 aromatic rings. The van der Waals surface area contributed by atoms with E-state index in [1.165, 1.54) is 12.8 Å². The highest BCUT2D eigenvalue weighted by Gasteiger charge is 2.19. The third-order valence-electron chi connectivity index (χ3n) is 2.93. The van der Waals surface area contributed by atoms with Gasteiger partial charge in [0.2, 0.25) is 5.88 Å². The fraction of sp³-hybridized carbons (Fsp3) is 0.692. The lowest BCUT2D eigenvalue weighted by atomic mass is 10.4. The molecule has 1 heterocycles. The van der Waals surface area contributed by atoms with E-state index in [0.29, 0.717) is 12.5 Å². The molecular formula is C13H22N4O. The number of nitrogens with one attached hydrogen (secondary N) is 1. The van der Waals surface area contributed by atoms with Gasteiger partial charge in [-0.3, -0.25) is 0 Å². The monoisotopic (exact) mass is 250 g/mol. The van der Waals surface area contributed by atoms with Crippen LogP contribution in [0.4, 0.5) is 5.82 Å². The fourth-order valence-electron chi connectivity index (χ4n) is 1.66. The summed E-state index contributed by atoms with van der Waals surface area (Å²) in [5.41, 5.74) is 0. The van der Waals surface area contributed by atoms with Crippen LogP contribution in [-0.4, -0.2) is 42.8 Å². The molecule has 100 valence electrons. The number of nitrogens with zero attached hydrogens (tertiary/aromatic N) is 3. The molecule has 1 aliphatic carbocycles. The average Bonchev–Trinajstić information content (AvgIpc) is 3.20. The molecule has 18 heavy (non-hydrogen) atoms. The number of aromatic nitrogens is 2. The van der Waals surface area contributed by atoms with Gasteiger partial charge in [-0.05, 0) is 19.3 Å². The lowest BCUT2D eigenvalue weighted by Gasteiger charge is -2.18. The topological polar surface area (TPSA) is 50.3 Å². The molecule has 0 aromatic carbocycles. The Kier molecular flexibility index (Phi) is 4.75. The Morgan fingerprint density at radius 2 is 2.28 bits per heavy atom. The highest BCUT2D eigenvalue weighted by Crippen LogP contribution is 2.18. The Morgan fingerprint density at radius 3 is 3.00 bits per heavy atom. The lowest BCUT2D eigenvalue weighted by molar-refractivity contribution is 0.304. The van der Waals surface area contributed by atoms with Crippen LogP contribution in [0.25, 0.3) is 0 Å². The van der Waals surface area contributed by atoms with Gasteiger partial charge in [0.05, 0.1) is 6.61 Å². The maximum Gasteiger partial charge on any atom is 0.218 e. The van der Waals surface area contributed by atoms with Crippen LogP contribution in [0.1, 0.15) is 26.2 Å². The minimum atomic E-state index is 0.656. The van der Waals surface area contributed by atoms with Gasteiger partial charge in [0.25, 0.3) is 0 Å². The van der Waals surface area contributed by atoms with Crippen LogP contribution < -0.4 is 15.0 Å². The van der Waals surface area contributed by atoms with E-state index in [2.05, 4.69) is 27.1 Å². The molecule has 0 amide bonds. The number of ether oxygens (including phenoxy) is 1. The quantitative estimate of drug-likeness (QED) is 0.757. The zero-order valence-corrected chi connectivity index (χ0v) is 11.2. The van der Waals surface area contributed by atoms with Crippen LogP contribution >= 0.6 is 0 Å². The standard InChI is InChI=1S/C13H22N4O/c1-3-8-18-13-9-12(15-10-16-13)17(2)7-6-14-11-4-5-11/h9-11,14H,3-8H2,1-2H3. The van der Waals surface area contributed by atoms with E-state index in [4.69, 9.17) is 4.74 Å². The average molecular weight is 250 g/mol. The van der Waals surface area contributed by atoms with Gasteiger partial charge in [0, 0.05) is 32.2 Å². The molecule has 5 heteroatoms. The van der Waals surface area contributed by atoms with E-state index < -0.39 is 0 Å². The summed E-state index contributed by atoms with van der Waals surface area (Å²) in [6, 6.07) is 2.65. The molecule has 0 bridgehead atoms. The Hall–Kier alpha value is -1.36. The molecule has 0 aliphatic heterocycles. The molecule has 0 spiro atoms. The molecular weight excluding hydrogens is 228 g/mol. The first-order valence-corrected chi connectivity index (χ1v) is 6.69. The minimum Gasteiger partial charge on any atom is -0.478 e. The number of hydrogen-bond acceptors (Lipinski definition) is 5. The molecule has 5 nitrogen and oxygen atoms in total. The molecule has 0 saturated heterocycles. The second-order valence-corrected chi connectivity index (χ2v) is 4.71. The summed E-state index contributed by atoms with van der Waals surface area (Å²) in [5.74, 6) is 1.57. The van der Waals surface area contributed by atoms with Gasteiger partial charge in [0.15, 0.2) is 0 Å². The smallest absolute Gasteiger partial charge is 0.218 e. The van der Waals surface area contributed by atoms with Crippen LogP contribution in [0.2, 0.25) is 0 Å². The summed E-state index contributed by atoms with van der Waals surface area (Å²) < 4.78 is 5.51. The molecule has 0 radical (unpaired) electrons. The summed E-state index contributed by atoms with van der Waals surface area (Å²) in [6.07, 6.45) is 5.20. The van der Waals surface area contributed by atoms with Gasteiger partial charge in [0.1, 0.15) is 12.1 Å².